The van der Waals surface area contributed by atoms with Crippen molar-refractivity contribution in [1.29, 1.82) is 0 Å². The molecule has 2 saturated heterocycles. The van der Waals surface area contributed by atoms with Crippen molar-refractivity contribution in [3.8, 4) is 0 Å². The summed E-state index contributed by atoms with van der Waals surface area (Å²) in [5, 5.41) is 0. The minimum Gasteiger partial charge on any atom is -0.286 e. The van der Waals surface area contributed by atoms with Crippen molar-refractivity contribution in [3.63, 3.8) is 0 Å². The molecular formula is C18H22N2OS2. The number of rotatable bonds is 3. The van der Waals surface area contributed by atoms with Gasteiger partial charge in [-0.1, -0.05) is 66.7 Å². The molecule has 2 heterocycles. The summed E-state index contributed by atoms with van der Waals surface area (Å²) in [5.74, 6) is 0.0461. The molecule has 0 aliphatic carbocycles. The lowest BCUT2D eigenvalue weighted by atomic mass is 10.1. The van der Waals surface area contributed by atoms with Crippen molar-refractivity contribution >= 4 is 40.3 Å². The molecule has 1 aromatic carbocycles. The highest BCUT2D eigenvalue weighted by Crippen LogP contribution is 2.32. The van der Waals surface area contributed by atoms with Gasteiger partial charge in [-0.25, -0.2) is 0 Å². The Morgan fingerprint density at radius 1 is 1.13 bits per heavy atom. The third-order valence-corrected chi connectivity index (χ3v) is 5.67. The third-order valence-electron chi connectivity index (χ3n) is 4.29. The molecule has 3 nitrogen and oxygen atoms in total. The molecule has 0 atom stereocenters. The van der Waals surface area contributed by atoms with Crippen LogP contribution in [0.5, 0.6) is 0 Å². The maximum absolute atomic E-state index is 12.7. The maximum Gasteiger partial charge on any atom is 0.267 e. The molecule has 5 heteroatoms. The van der Waals surface area contributed by atoms with Gasteiger partial charge in [0.15, 0.2) is 0 Å². The number of thioether (sulfide) groups is 1. The van der Waals surface area contributed by atoms with Crippen LogP contribution in [0.2, 0.25) is 0 Å². The van der Waals surface area contributed by atoms with Crippen LogP contribution in [0, 0.1) is 6.92 Å². The van der Waals surface area contributed by atoms with Gasteiger partial charge in [0.05, 0.1) is 11.6 Å². The van der Waals surface area contributed by atoms with E-state index < -0.39 is 0 Å². The third kappa shape index (κ3) is 4.22. The maximum atomic E-state index is 12.7. The molecule has 0 bridgehead atoms. The van der Waals surface area contributed by atoms with E-state index in [0.717, 1.165) is 23.6 Å². The molecule has 0 N–H and O–H groups in total. The van der Waals surface area contributed by atoms with E-state index >= 15 is 0 Å². The van der Waals surface area contributed by atoms with Crippen LogP contribution in [0.3, 0.4) is 0 Å². The Morgan fingerprint density at radius 3 is 2.43 bits per heavy atom. The van der Waals surface area contributed by atoms with Crippen molar-refractivity contribution in [2.75, 3.05) is 19.8 Å². The van der Waals surface area contributed by atoms with Crippen LogP contribution >= 0.6 is 24.0 Å². The largest absolute Gasteiger partial charge is 0.286 e. The Labute approximate surface area is 147 Å². The van der Waals surface area contributed by atoms with Gasteiger partial charge in [-0.15, -0.1) is 0 Å². The summed E-state index contributed by atoms with van der Waals surface area (Å²) in [6.45, 7) is 4.82. The van der Waals surface area contributed by atoms with E-state index in [1.165, 1.54) is 43.0 Å². The van der Waals surface area contributed by atoms with Gasteiger partial charge in [0.25, 0.3) is 5.91 Å². The van der Waals surface area contributed by atoms with E-state index in [9.17, 15) is 4.79 Å². The molecule has 0 radical (unpaired) electrons. The lowest BCUT2D eigenvalue weighted by Crippen LogP contribution is -2.40. The van der Waals surface area contributed by atoms with Gasteiger partial charge >= 0.3 is 0 Å². The quantitative estimate of drug-likeness (QED) is 0.609. The Morgan fingerprint density at radius 2 is 1.78 bits per heavy atom. The Balaban J connectivity index is 1.70. The van der Waals surface area contributed by atoms with E-state index in [4.69, 9.17) is 12.2 Å². The topological polar surface area (TPSA) is 23.6 Å². The molecule has 23 heavy (non-hydrogen) atoms. The summed E-state index contributed by atoms with van der Waals surface area (Å²) in [7, 11) is 0. The molecule has 0 spiro atoms. The Kier molecular flexibility index (Phi) is 5.51. The molecule has 2 fully saturated rings. The summed E-state index contributed by atoms with van der Waals surface area (Å²) in [6.07, 6.45) is 6.97. The predicted molar refractivity (Wildman–Crippen MR) is 101 cm³/mol. The summed E-state index contributed by atoms with van der Waals surface area (Å²) in [5.41, 5.74) is 2.27. The number of hydrogen-bond donors (Lipinski definition) is 0. The van der Waals surface area contributed by atoms with Crippen LogP contribution < -0.4 is 0 Å². The minimum atomic E-state index is 0.0461. The monoisotopic (exact) mass is 346 g/mol. The first-order chi connectivity index (χ1) is 11.1. The molecule has 2 aliphatic heterocycles. The van der Waals surface area contributed by atoms with Gasteiger partial charge in [0.1, 0.15) is 4.32 Å². The van der Waals surface area contributed by atoms with Gasteiger partial charge in [-0.2, -0.15) is 0 Å². The first-order valence-electron chi connectivity index (χ1n) is 8.18. The molecule has 1 aromatic rings. The van der Waals surface area contributed by atoms with Crippen LogP contribution in [0.4, 0.5) is 0 Å². The number of nitrogens with zero attached hydrogens (tertiary/aromatic N) is 2. The van der Waals surface area contributed by atoms with Crippen molar-refractivity contribution in [2.24, 2.45) is 0 Å². The smallest absolute Gasteiger partial charge is 0.267 e. The predicted octanol–water partition coefficient (Wildman–Crippen LogP) is 4.03. The highest BCUT2D eigenvalue weighted by molar-refractivity contribution is 8.26. The van der Waals surface area contributed by atoms with Crippen molar-refractivity contribution in [3.05, 3.63) is 40.3 Å². The van der Waals surface area contributed by atoms with E-state index in [1.807, 2.05) is 18.2 Å². The van der Waals surface area contributed by atoms with E-state index in [1.54, 1.807) is 4.90 Å². The number of carbonyl (C=O) groups is 1. The summed E-state index contributed by atoms with van der Waals surface area (Å²) < 4.78 is 0.678. The molecule has 122 valence electrons. The van der Waals surface area contributed by atoms with Crippen LogP contribution in [0.25, 0.3) is 6.08 Å². The molecule has 0 aromatic heterocycles. The summed E-state index contributed by atoms with van der Waals surface area (Å²) in [4.78, 5) is 17.5. The molecule has 2 aliphatic rings. The normalized spacial score (nSPS) is 22.0. The van der Waals surface area contributed by atoms with Gasteiger partial charge in [-0.05, 0) is 44.5 Å². The second kappa shape index (κ2) is 7.60. The molecule has 3 rings (SSSR count). The number of benzene rings is 1. The number of aryl methyl sites for hydroxylation is 1. The number of likely N-dealkylation sites (tertiary alicyclic amines) is 1. The fourth-order valence-corrected chi connectivity index (χ4v) is 4.16. The first-order valence-corrected chi connectivity index (χ1v) is 9.40. The standard InChI is InChI=1S/C18H22N2OS2/c1-14-6-8-15(9-7-14)12-16-17(21)20(18(22)23-16)13-19-10-4-2-3-5-11-19/h6-9,12H,2-5,10-11,13H2,1H3/b16-12-. The number of carbonyl (C=O) groups excluding carboxylic acids is 1. The summed E-state index contributed by atoms with van der Waals surface area (Å²) >= 11 is 6.85. The fraction of sp³-hybridized carbons (Fsp3) is 0.444. The SMILES string of the molecule is Cc1ccc(/C=C2\SC(=S)N(CN3CCCCCC3)C2=O)cc1. The van der Waals surface area contributed by atoms with Crippen LogP contribution in [-0.2, 0) is 4.79 Å². The highest BCUT2D eigenvalue weighted by Gasteiger charge is 2.33. The van der Waals surface area contributed by atoms with Gasteiger partial charge in [-0.3, -0.25) is 14.6 Å². The minimum absolute atomic E-state index is 0.0461. The molecule has 1 amide bonds. The van der Waals surface area contributed by atoms with Gasteiger partial charge in [0, 0.05) is 0 Å². The average molecular weight is 347 g/mol. The zero-order valence-corrected chi connectivity index (χ0v) is 15.1. The van der Waals surface area contributed by atoms with Gasteiger partial charge in [0.2, 0.25) is 0 Å². The number of amides is 1. The van der Waals surface area contributed by atoms with Crippen molar-refractivity contribution in [1.82, 2.24) is 9.80 Å². The van der Waals surface area contributed by atoms with E-state index in [0.29, 0.717) is 11.0 Å². The highest BCUT2D eigenvalue weighted by atomic mass is 32.2. The lowest BCUT2D eigenvalue weighted by Gasteiger charge is -2.25. The average Bonchev–Trinajstić information content (AvgIpc) is 2.75. The Hall–Kier alpha value is -1.17. The molecule has 0 saturated carbocycles. The first kappa shape index (κ1) is 16.7. The van der Waals surface area contributed by atoms with Crippen LogP contribution in [0.15, 0.2) is 29.2 Å². The summed E-state index contributed by atoms with van der Waals surface area (Å²) in [6, 6.07) is 8.20. The van der Waals surface area contributed by atoms with Crippen molar-refractivity contribution in [2.45, 2.75) is 32.6 Å². The fourth-order valence-electron chi connectivity index (χ4n) is 2.91. The van der Waals surface area contributed by atoms with E-state index in [2.05, 4.69) is 24.0 Å². The second-order valence-electron chi connectivity index (χ2n) is 6.19. The number of thiocarbonyl (C=S) groups is 1. The lowest BCUT2D eigenvalue weighted by molar-refractivity contribution is -0.123. The molecular weight excluding hydrogens is 324 g/mol. The van der Waals surface area contributed by atoms with Gasteiger partial charge < -0.3 is 0 Å². The van der Waals surface area contributed by atoms with Crippen molar-refractivity contribution < 1.29 is 4.79 Å². The zero-order chi connectivity index (χ0) is 16.2. The zero-order valence-electron chi connectivity index (χ0n) is 13.5. The van der Waals surface area contributed by atoms with E-state index in [-0.39, 0.29) is 5.91 Å². The van der Waals surface area contributed by atoms with Crippen LogP contribution in [-0.4, -0.2) is 39.8 Å². The molecule has 0 unspecified atom stereocenters. The second-order valence-corrected chi connectivity index (χ2v) is 7.87. The van der Waals surface area contributed by atoms with Crippen LogP contribution in [0.1, 0.15) is 36.8 Å². The number of hydrogen-bond acceptors (Lipinski definition) is 4. The Bertz CT molecular complexity index is 616.